The molecule has 1 N–H and O–H groups in total. The number of amides is 2. The van der Waals surface area contributed by atoms with Gasteiger partial charge in [0.25, 0.3) is 0 Å². The molecule has 0 radical (unpaired) electrons. The second-order valence-corrected chi connectivity index (χ2v) is 9.42. The summed E-state index contributed by atoms with van der Waals surface area (Å²) in [6.07, 6.45) is 1.98. The molecule has 2 aliphatic heterocycles. The molecule has 1 aromatic rings. The molecule has 0 saturated carbocycles. The molecule has 0 spiro atoms. The first-order valence-corrected chi connectivity index (χ1v) is 11.1. The highest BCUT2D eigenvalue weighted by Crippen LogP contribution is 2.31. The van der Waals surface area contributed by atoms with Crippen LogP contribution >= 0.6 is 23.2 Å². The topological polar surface area (TPSA) is 79.0 Å². The van der Waals surface area contributed by atoms with E-state index >= 15 is 0 Å². The quantitative estimate of drug-likeness (QED) is 0.787. The van der Waals surface area contributed by atoms with E-state index in [2.05, 4.69) is 5.32 Å². The van der Waals surface area contributed by atoms with Crippen LogP contribution in [0.25, 0.3) is 0 Å². The maximum absolute atomic E-state index is 12.9. The maximum atomic E-state index is 12.9. The number of halogens is 2. The van der Waals surface area contributed by atoms with Gasteiger partial charge in [0.15, 0.2) is 0 Å². The molecule has 0 aromatic heterocycles. The number of hydrogen-bond donors (Lipinski definition) is 1. The van der Waals surface area contributed by atoms with Crippen LogP contribution in [0.15, 0.2) is 23.1 Å². The smallest absolute Gasteiger partial charge is 0.317 e. The average Bonchev–Trinajstić information content (AvgIpc) is 3.16. The molecule has 0 aliphatic carbocycles. The molecule has 0 bridgehead atoms. The summed E-state index contributed by atoms with van der Waals surface area (Å²) in [4.78, 5) is 14.0. The van der Waals surface area contributed by atoms with Crippen molar-refractivity contribution in [2.75, 3.05) is 32.8 Å². The second-order valence-electron chi connectivity index (χ2n) is 6.73. The van der Waals surface area contributed by atoms with Gasteiger partial charge in [0, 0.05) is 32.8 Å². The monoisotopic (exact) mass is 435 g/mol. The van der Waals surface area contributed by atoms with Gasteiger partial charge in [-0.2, -0.15) is 4.31 Å². The fourth-order valence-corrected chi connectivity index (χ4v) is 5.88. The van der Waals surface area contributed by atoms with Crippen LogP contribution in [-0.4, -0.2) is 68.6 Å². The van der Waals surface area contributed by atoms with E-state index in [1.54, 1.807) is 11.0 Å². The highest BCUT2D eigenvalue weighted by atomic mass is 35.5. The van der Waals surface area contributed by atoms with Gasteiger partial charge >= 0.3 is 6.03 Å². The lowest BCUT2D eigenvalue weighted by Crippen LogP contribution is -2.55. The van der Waals surface area contributed by atoms with Crippen molar-refractivity contribution in [3.05, 3.63) is 28.2 Å². The number of piperazine rings is 1. The molecular weight excluding hydrogens is 413 g/mol. The summed E-state index contributed by atoms with van der Waals surface area (Å²) >= 11 is 12.1. The van der Waals surface area contributed by atoms with E-state index in [0.29, 0.717) is 13.1 Å². The van der Waals surface area contributed by atoms with Crippen LogP contribution in [0, 0.1) is 0 Å². The van der Waals surface area contributed by atoms with Crippen LogP contribution in [0.5, 0.6) is 0 Å². The van der Waals surface area contributed by atoms with E-state index in [1.807, 2.05) is 6.92 Å². The Hall–Kier alpha value is -1.06. The van der Waals surface area contributed by atoms with Crippen molar-refractivity contribution in [3.63, 3.8) is 0 Å². The minimum absolute atomic E-state index is 0.0398. The number of urea groups is 1. The van der Waals surface area contributed by atoms with E-state index in [0.717, 1.165) is 19.4 Å². The van der Waals surface area contributed by atoms with Crippen LogP contribution in [0.2, 0.25) is 10.0 Å². The van der Waals surface area contributed by atoms with Crippen LogP contribution in [0.4, 0.5) is 4.79 Å². The number of carbonyl (C=O) groups is 1. The lowest BCUT2D eigenvalue weighted by atomic mass is 10.1. The Morgan fingerprint density at radius 3 is 2.41 bits per heavy atom. The Morgan fingerprint density at radius 1 is 1.22 bits per heavy atom. The number of sulfonamides is 1. The molecule has 3 rings (SSSR count). The molecule has 2 saturated heterocycles. The Morgan fingerprint density at radius 2 is 1.85 bits per heavy atom. The lowest BCUT2D eigenvalue weighted by molar-refractivity contribution is 0.0821. The summed E-state index contributed by atoms with van der Waals surface area (Å²) in [7, 11) is -3.82. The molecular formula is C17H23Cl2N3O4S. The molecule has 2 aliphatic rings. The zero-order valence-electron chi connectivity index (χ0n) is 15.0. The van der Waals surface area contributed by atoms with Gasteiger partial charge in [-0.05, 0) is 31.9 Å². The van der Waals surface area contributed by atoms with E-state index in [1.165, 1.54) is 16.4 Å². The van der Waals surface area contributed by atoms with Crippen LogP contribution < -0.4 is 5.32 Å². The van der Waals surface area contributed by atoms with E-state index in [4.69, 9.17) is 27.9 Å². The number of hydrogen-bond acceptors (Lipinski definition) is 4. The Labute approximate surface area is 169 Å². The van der Waals surface area contributed by atoms with Gasteiger partial charge in [0.05, 0.1) is 22.2 Å². The Balaban J connectivity index is 1.60. The molecule has 150 valence electrons. The number of carbonyl (C=O) groups excluding carboxylic acids is 1. The summed E-state index contributed by atoms with van der Waals surface area (Å²) in [5.41, 5.74) is 0. The van der Waals surface area contributed by atoms with Gasteiger partial charge in [-0.1, -0.05) is 29.3 Å². The van der Waals surface area contributed by atoms with Gasteiger partial charge in [-0.15, -0.1) is 0 Å². The van der Waals surface area contributed by atoms with Gasteiger partial charge in [0.2, 0.25) is 10.0 Å². The second kappa shape index (κ2) is 8.53. The van der Waals surface area contributed by atoms with Gasteiger partial charge < -0.3 is 15.0 Å². The van der Waals surface area contributed by atoms with Crippen molar-refractivity contribution in [3.8, 4) is 0 Å². The minimum atomic E-state index is -3.82. The number of rotatable bonds is 4. The first kappa shape index (κ1) is 20.7. The van der Waals surface area contributed by atoms with Gasteiger partial charge in [0.1, 0.15) is 4.90 Å². The van der Waals surface area contributed by atoms with E-state index in [-0.39, 0.29) is 46.2 Å². The number of ether oxygens (including phenoxy) is 1. The van der Waals surface area contributed by atoms with Crippen LogP contribution in [0.1, 0.15) is 19.8 Å². The third-order valence-electron chi connectivity index (χ3n) is 4.92. The van der Waals surface area contributed by atoms with Crippen molar-refractivity contribution < 1.29 is 17.9 Å². The van der Waals surface area contributed by atoms with Gasteiger partial charge in [-0.25, -0.2) is 13.2 Å². The summed E-state index contributed by atoms with van der Waals surface area (Å²) < 4.78 is 32.7. The molecule has 2 atom stereocenters. The zero-order chi connectivity index (χ0) is 19.6. The van der Waals surface area contributed by atoms with E-state index < -0.39 is 10.0 Å². The third kappa shape index (κ3) is 4.51. The SMILES string of the molecule is C[C@H](NC(=O)N1CCN(S(=O)(=O)c2c(Cl)cccc2Cl)CC1)[C@@H]1CCCO1. The third-order valence-corrected chi connectivity index (χ3v) is 7.77. The molecule has 2 amide bonds. The van der Waals surface area contributed by atoms with E-state index in [9.17, 15) is 13.2 Å². The predicted molar refractivity (Wildman–Crippen MR) is 104 cm³/mol. The van der Waals surface area contributed by atoms with Crippen LogP contribution in [0.3, 0.4) is 0 Å². The highest BCUT2D eigenvalue weighted by Gasteiger charge is 2.33. The first-order valence-electron chi connectivity index (χ1n) is 8.92. The van der Waals surface area contributed by atoms with Crippen molar-refractivity contribution in [1.82, 2.24) is 14.5 Å². The fraction of sp³-hybridized carbons (Fsp3) is 0.588. The fourth-order valence-electron chi connectivity index (χ4n) is 3.37. The standard InChI is InChI=1S/C17H23Cl2N3O4S/c1-12(15-6-3-11-26-15)20-17(23)21-7-9-22(10-8-21)27(24,25)16-13(18)4-2-5-14(16)19/h2,4-5,12,15H,3,6-11H2,1H3,(H,20,23)/t12-,15-/m0/s1. The normalized spacial score (nSPS) is 22.6. The van der Waals surface area contributed by atoms with Crippen molar-refractivity contribution in [2.45, 2.75) is 36.8 Å². The number of nitrogens with one attached hydrogen (secondary N) is 1. The Kier molecular flexibility index (Phi) is 6.53. The number of nitrogens with zero attached hydrogens (tertiary/aromatic N) is 2. The molecule has 10 heteroatoms. The lowest BCUT2D eigenvalue weighted by Gasteiger charge is -2.35. The summed E-state index contributed by atoms with van der Waals surface area (Å²) in [6.45, 7) is 3.62. The largest absolute Gasteiger partial charge is 0.376 e. The molecule has 1 aromatic carbocycles. The maximum Gasteiger partial charge on any atom is 0.317 e. The molecule has 27 heavy (non-hydrogen) atoms. The van der Waals surface area contributed by atoms with Gasteiger partial charge in [-0.3, -0.25) is 0 Å². The highest BCUT2D eigenvalue weighted by molar-refractivity contribution is 7.89. The summed E-state index contributed by atoms with van der Waals surface area (Å²) in [5, 5.41) is 3.13. The van der Waals surface area contributed by atoms with Crippen LogP contribution in [-0.2, 0) is 14.8 Å². The van der Waals surface area contributed by atoms with Crippen molar-refractivity contribution in [1.29, 1.82) is 0 Å². The molecule has 7 nitrogen and oxygen atoms in total. The molecule has 2 heterocycles. The number of benzene rings is 1. The molecule has 0 unspecified atom stereocenters. The molecule has 2 fully saturated rings. The summed E-state index contributed by atoms with van der Waals surface area (Å²) in [5.74, 6) is 0. The van der Waals surface area contributed by atoms with Crippen molar-refractivity contribution >= 4 is 39.3 Å². The predicted octanol–water partition coefficient (Wildman–Crippen LogP) is 2.58. The Bertz CT molecular complexity index is 771. The average molecular weight is 436 g/mol. The minimum Gasteiger partial charge on any atom is -0.376 e. The first-order chi connectivity index (χ1) is 12.8. The zero-order valence-corrected chi connectivity index (χ0v) is 17.4. The summed E-state index contributed by atoms with van der Waals surface area (Å²) in [6, 6.07) is 4.31. The van der Waals surface area contributed by atoms with Crippen molar-refractivity contribution in [2.24, 2.45) is 0 Å².